The highest BCUT2D eigenvalue weighted by atomic mass is 32.2. The van der Waals surface area contributed by atoms with Crippen molar-refractivity contribution in [1.82, 2.24) is 0 Å². The maximum atomic E-state index is 10.9. The molecule has 1 aromatic carbocycles. The molecule has 0 aliphatic heterocycles. The Morgan fingerprint density at radius 1 is 1.06 bits per heavy atom. The first kappa shape index (κ1) is 14.4. The summed E-state index contributed by atoms with van der Waals surface area (Å²) in [7, 11) is -9.64. The number of hydrogen-bond acceptors (Lipinski definition) is 6. The van der Waals surface area contributed by atoms with Crippen LogP contribution >= 0.6 is 0 Å². The Hall–Kier alpha value is -1.69. The van der Waals surface area contributed by atoms with E-state index in [9.17, 15) is 21.6 Å². The Morgan fingerprint density at radius 2 is 1.61 bits per heavy atom. The molecule has 0 aliphatic carbocycles. The van der Waals surface area contributed by atoms with Gasteiger partial charge in [-0.2, -0.15) is 16.8 Å². The lowest BCUT2D eigenvalue weighted by atomic mass is 10.3. The molecular weight excluding hydrogens is 292 g/mol. The van der Waals surface area contributed by atoms with E-state index >= 15 is 0 Å². The fourth-order valence-corrected chi connectivity index (χ4v) is 2.25. The fraction of sp³-hybridized carbons (Fsp3) is 0. The minimum atomic E-state index is -4.93. The summed E-state index contributed by atoms with van der Waals surface area (Å²) in [5.74, 6) is -0.794. The van der Waals surface area contributed by atoms with Crippen LogP contribution in [0.2, 0.25) is 0 Å². The van der Waals surface area contributed by atoms with Crippen molar-refractivity contribution in [2.45, 2.75) is 9.79 Å². The lowest BCUT2D eigenvalue weighted by molar-refractivity contribution is 0.143. The highest BCUT2D eigenvalue weighted by molar-refractivity contribution is 7.86. The first-order valence-electron chi connectivity index (χ1n) is 4.01. The van der Waals surface area contributed by atoms with Gasteiger partial charge in [-0.25, -0.2) is 4.79 Å². The standard InChI is InChI=1S/C7H6O9S2/c8-7(9)16-5-2-1-4(17(10,11)12)3-6(5)18(13,14)15/h1-3H,(H,8,9)(H,10,11,12)(H,13,14,15). The highest BCUT2D eigenvalue weighted by Crippen LogP contribution is 2.26. The van der Waals surface area contributed by atoms with E-state index in [0.29, 0.717) is 18.2 Å². The van der Waals surface area contributed by atoms with Gasteiger partial charge in [0.1, 0.15) is 4.90 Å². The van der Waals surface area contributed by atoms with Crippen LogP contribution in [0.15, 0.2) is 28.0 Å². The van der Waals surface area contributed by atoms with Gasteiger partial charge in [0.05, 0.1) is 4.90 Å². The van der Waals surface area contributed by atoms with Gasteiger partial charge < -0.3 is 9.84 Å². The van der Waals surface area contributed by atoms with Crippen molar-refractivity contribution in [3.8, 4) is 5.75 Å². The van der Waals surface area contributed by atoms with E-state index in [0.717, 1.165) is 0 Å². The normalized spacial score (nSPS) is 12.1. The summed E-state index contributed by atoms with van der Waals surface area (Å²) in [5.41, 5.74) is 0. The lowest BCUT2D eigenvalue weighted by Crippen LogP contribution is -2.09. The van der Waals surface area contributed by atoms with Gasteiger partial charge in [-0.05, 0) is 18.2 Å². The molecule has 0 aromatic heterocycles. The van der Waals surface area contributed by atoms with Gasteiger partial charge in [-0.15, -0.1) is 0 Å². The quantitative estimate of drug-likeness (QED) is 0.404. The molecule has 0 atom stereocenters. The van der Waals surface area contributed by atoms with E-state index in [4.69, 9.17) is 14.2 Å². The van der Waals surface area contributed by atoms with Crippen LogP contribution in [0.5, 0.6) is 5.75 Å². The lowest BCUT2D eigenvalue weighted by Gasteiger charge is -2.06. The van der Waals surface area contributed by atoms with Crippen LogP contribution in [0, 0.1) is 0 Å². The van der Waals surface area contributed by atoms with Crippen LogP contribution in [0.1, 0.15) is 0 Å². The van der Waals surface area contributed by atoms with Crippen LogP contribution in [0.3, 0.4) is 0 Å². The van der Waals surface area contributed by atoms with E-state index in [1.165, 1.54) is 0 Å². The summed E-state index contributed by atoms with van der Waals surface area (Å²) >= 11 is 0. The molecule has 0 unspecified atom stereocenters. The summed E-state index contributed by atoms with van der Waals surface area (Å²) in [5, 5.41) is 8.32. The second-order valence-electron chi connectivity index (χ2n) is 2.93. The second kappa shape index (κ2) is 4.53. The third-order valence-corrected chi connectivity index (χ3v) is 3.41. The second-order valence-corrected chi connectivity index (χ2v) is 5.74. The fourth-order valence-electron chi connectivity index (χ4n) is 1.03. The third-order valence-electron chi connectivity index (χ3n) is 1.69. The predicted octanol–water partition coefficient (Wildman–Crippen LogP) is 0.237. The van der Waals surface area contributed by atoms with Crippen molar-refractivity contribution in [1.29, 1.82) is 0 Å². The Morgan fingerprint density at radius 3 is 2.00 bits per heavy atom. The first-order chi connectivity index (χ1) is 8.01. The van der Waals surface area contributed by atoms with Crippen molar-refractivity contribution in [3.05, 3.63) is 18.2 Å². The van der Waals surface area contributed by atoms with Gasteiger partial charge in [0, 0.05) is 0 Å². The zero-order valence-electron chi connectivity index (χ0n) is 8.34. The number of carboxylic acid groups (broad SMARTS) is 1. The highest BCUT2D eigenvalue weighted by Gasteiger charge is 2.22. The van der Waals surface area contributed by atoms with Crippen LogP contribution in [-0.2, 0) is 20.2 Å². The maximum Gasteiger partial charge on any atom is 0.511 e. The van der Waals surface area contributed by atoms with Crippen molar-refractivity contribution in [3.63, 3.8) is 0 Å². The summed E-state index contributed by atoms with van der Waals surface area (Å²) in [6.07, 6.45) is -1.86. The zero-order valence-corrected chi connectivity index (χ0v) is 9.97. The number of benzene rings is 1. The van der Waals surface area contributed by atoms with Crippen LogP contribution in [-0.4, -0.2) is 37.2 Å². The van der Waals surface area contributed by atoms with E-state index in [2.05, 4.69) is 4.74 Å². The van der Waals surface area contributed by atoms with E-state index in [1.54, 1.807) is 0 Å². The van der Waals surface area contributed by atoms with Crippen LogP contribution in [0.4, 0.5) is 4.79 Å². The SMILES string of the molecule is O=C(O)Oc1ccc(S(=O)(=O)O)cc1S(=O)(=O)O. The van der Waals surface area contributed by atoms with E-state index in [-0.39, 0.29) is 0 Å². The molecule has 0 radical (unpaired) electrons. The topological polar surface area (TPSA) is 155 Å². The molecule has 0 saturated heterocycles. The van der Waals surface area contributed by atoms with E-state index in [1.807, 2.05) is 0 Å². The molecule has 0 saturated carbocycles. The summed E-state index contributed by atoms with van der Waals surface area (Å²) in [6, 6.07) is 1.74. The van der Waals surface area contributed by atoms with E-state index < -0.39 is 41.9 Å². The van der Waals surface area contributed by atoms with Gasteiger partial charge in [-0.1, -0.05) is 0 Å². The number of ether oxygens (including phenoxy) is 1. The molecule has 0 heterocycles. The number of rotatable bonds is 3. The predicted molar refractivity (Wildman–Crippen MR) is 54.7 cm³/mol. The Balaban J connectivity index is 3.54. The maximum absolute atomic E-state index is 10.9. The smallest absolute Gasteiger partial charge is 0.449 e. The zero-order chi connectivity index (χ0) is 14.1. The minimum Gasteiger partial charge on any atom is -0.449 e. The van der Waals surface area contributed by atoms with Crippen molar-refractivity contribution in [2.24, 2.45) is 0 Å². The molecular formula is C7H6O9S2. The van der Waals surface area contributed by atoms with Crippen LogP contribution in [0.25, 0.3) is 0 Å². The van der Waals surface area contributed by atoms with Crippen molar-refractivity contribution >= 4 is 26.4 Å². The molecule has 9 nitrogen and oxygen atoms in total. The molecule has 3 N–H and O–H groups in total. The van der Waals surface area contributed by atoms with Crippen molar-refractivity contribution in [2.75, 3.05) is 0 Å². The Kier molecular flexibility index (Phi) is 3.62. The van der Waals surface area contributed by atoms with Gasteiger partial charge >= 0.3 is 6.16 Å². The molecule has 0 amide bonds. The number of carbonyl (C=O) groups is 1. The monoisotopic (exact) mass is 298 g/mol. The van der Waals surface area contributed by atoms with Gasteiger partial charge in [0.2, 0.25) is 0 Å². The molecule has 18 heavy (non-hydrogen) atoms. The van der Waals surface area contributed by atoms with Gasteiger partial charge in [-0.3, -0.25) is 9.11 Å². The number of hydrogen-bond donors (Lipinski definition) is 3. The summed E-state index contributed by atoms with van der Waals surface area (Å²) in [6.45, 7) is 0. The summed E-state index contributed by atoms with van der Waals surface area (Å²) < 4.78 is 64.9. The van der Waals surface area contributed by atoms with Gasteiger partial charge in [0.25, 0.3) is 20.2 Å². The third kappa shape index (κ3) is 3.40. The first-order valence-corrected chi connectivity index (χ1v) is 6.89. The minimum absolute atomic E-state index is 0.364. The molecule has 1 aromatic rings. The molecule has 0 spiro atoms. The molecule has 11 heteroatoms. The largest absolute Gasteiger partial charge is 0.511 e. The molecule has 100 valence electrons. The van der Waals surface area contributed by atoms with Crippen molar-refractivity contribution < 1.29 is 40.6 Å². The molecule has 0 fully saturated rings. The Bertz CT molecular complexity index is 686. The average Bonchev–Trinajstić information content (AvgIpc) is 2.13. The summed E-state index contributed by atoms with van der Waals surface area (Å²) in [4.78, 5) is 8.33. The molecule has 1 rings (SSSR count). The Labute approximate surface area is 101 Å². The average molecular weight is 298 g/mol. The van der Waals surface area contributed by atoms with Gasteiger partial charge in [0.15, 0.2) is 5.75 Å². The van der Waals surface area contributed by atoms with Crippen LogP contribution < -0.4 is 4.74 Å². The molecule has 0 bridgehead atoms. The molecule has 0 aliphatic rings.